The normalized spacial score (nSPS) is 29.1. The first-order valence-electron chi connectivity index (χ1n) is 6.88. The molecule has 0 aromatic heterocycles. The van der Waals surface area contributed by atoms with E-state index in [2.05, 4.69) is 29.1 Å². The molecule has 2 fully saturated rings. The Kier molecular flexibility index (Phi) is 4.40. The van der Waals surface area contributed by atoms with Crippen LogP contribution in [0.2, 0.25) is 0 Å². The summed E-state index contributed by atoms with van der Waals surface area (Å²) in [5, 5.41) is 3.32. The lowest BCUT2D eigenvalue weighted by atomic mass is 9.96. The fraction of sp³-hybridized carbons (Fsp3) is 0.923. The average Bonchev–Trinajstić information content (AvgIpc) is 2.50. The minimum absolute atomic E-state index is 0.266. The Morgan fingerprint density at radius 3 is 2.65 bits per heavy atom. The fourth-order valence-electron chi connectivity index (χ4n) is 3.00. The second-order valence-electron chi connectivity index (χ2n) is 5.52. The van der Waals surface area contributed by atoms with E-state index in [1.807, 2.05) is 0 Å². The summed E-state index contributed by atoms with van der Waals surface area (Å²) in [4.78, 5) is 17.0. The van der Waals surface area contributed by atoms with Gasteiger partial charge >= 0.3 is 0 Å². The minimum Gasteiger partial charge on any atom is -0.338 e. The topological polar surface area (TPSA) is 35.6 Å². The predicted molar refractivity (Wildman–Crippen MR) is 68.9 cm³/mol. The number of nitrogens with one attached hydrogen (secondary N) is 1. The summed E-state index contributed by atoms with van der Waals surface area (Å²) < 4.78 is 0. The highest BCUT2D eigenvalue weighted by atomic mass is 16.2. The summed E-state index contributed by atoms with van der Waals surface area (Å²) in [6, 6.07) is 0.366. The van der Waals surface area contributed by atoms with E-state index in [0.29, 0.717) is 11.9 Å². The smallest absolute Gasteiger partial charge is 0.226 e. The van der Waals surface area contributed by atoms with Gasteiger partial charge in [-0.1, -0.05) is 0 Å². The summed E-state index contributed by atoms with van der Waals surface area (Å²) in [7, 11) is 2.15. The quantitative estimate of drug-likeness (QED) is 0.725. The standard InChI is InChI=1S/C13H25N3O/c1-11-10-15(2)8-3-9-16(11)13(17)12-4-6-14-7-5-12/h11-12,14H,3-10H2,1-2H3. The molecule has 4 heteroatoms. The van der Waals surface area contributed by atoms with E-state index >= 15 is 0 Å². The van der Waals surface area contributed by atoms with Crippen LogP contribution in [-0.4, -0.2) is 61.5 Å². The molecule has 0 radical (unpaired) electrons. The van der Waals surface area contributed by atoms with Gasteiger partial charge in [-0.3, -0.25) is 4.79 Å². The van der Waals surface area contributed by atoms with Gasteiger partial charge in [-0.25, -0.2) is 0 Å². The molecule has 2 aliphatic heterocycles. The van der Waals surface area contributed by atoms with Crippen molar-refractivity contribution in [3.05, 3.63) is 0 Å². The van der Waals surface area contributed by atoms with Gasteiger partial charge in [0, 0.05) is 25.0 Å². The number of carbonyl (C=O) groups is 1. The Morgan fingerprint density at radius 2 is 1.94 bits per heavy atom. The molecule has 1 unspecified atom stereocenters. The van der Waals surface area contributed by atoms with Gasteiger partial charge in [0.2, 0.25) is 5.91 Å². The van der Waals surface area contributed by atoms with Gasteiger partial charge < -0.3 is 15.1 Å². The molecule has 1 amide bonds. The van der Waals surface area contributed by atoms with Crippen LogP contribution in [0.15, 0.2) is 0 Å². The molecule has 0 bridgehead atoms. The van der Waals surface area contributed by atoms with Gasteiger partial charge in [0.15, 0.2) is 0 Å². The van der Waals surface area contributed by atoms with Gasteiger partial charge in [0.25, 0.3) is 0 Å². The van der Waals surface area contributed by atoms with Crippen LogP contribution in [-0.2, 0) is 4.79 Å². The molecular weight excluding hydrogens is 214 g/mol. The highest BCUT2D eigenvalue weighted by Gasteiger charge is 2.30. The molecule has 0 spiro atoms. The number of nitrogens with zero attached hydrogens (tertiary/aromatic N) is 2. The molecule has 4 nitrogen and oxygen atoms in total. The van der Waals surface area contributed by atoms with Gasteiger partial charge in [-0.05, 0) is 52.9 Å². The minimum atomic E-state index is 0.266. The van der Waals surface area contributed by atoms with E-state index in [-0.39, 0.29) is 5.92 Å². The zero-order chi connectivity index (χ0) is 12.3. The van der Waals surface area contributed by atoms with Crippen LogP contribution in [0, 0.1) is 5.92 Å². The van der Waals surface area contributed by atoms with Gasteiger partial charge in [-0.15, -0.1) is 0 Å². The van der Waals surface area contributed by atoms with Crippen LogP contribution in [0.1, 0.15) is 26.2 Å². The molecular formula is C13H25N3O. The number of carbonyl (C=O) groups excluding carboxylic acids is 1. The van der Waals surface area contributed by atoms with Crippen LogP contribution < -0.4 is 5.32 Å². The highest BCUT2D eigenvalue weighted by molar-refractivity contribution is 5.79. The molecule has 0 saturated carbocycles. The lowest BCUT2D eigenvalue weighted by Gasteiger charge is -2.33. The van der Waals surface area contributed by atoms with E-state index in [1.54, 1.807) is 0 Å². The van der Waals surface area contributed by atoms with Crippen molar-refractivity contribution in [1.82, 2.24) is 15.1 Å². The van der Waals surface area contributed by atoms with Crippen molar-refractivity contribution in [2.75, 3.05) is 39.8 Å². The molecule has 98 valence electrons. The summed E-state index contributed by atoms with van der Waals surface area (Å²) in [5.41, 5.74) is 0. The SMILES string of the molecule is CC1CN(C)CCCN1C(=O)C1CCNCC1. The van der Waals surface area contributed by atoms with Gasteiger partial charge in [-0.2, -0.15) is 0 Å². The lowest BCUT2D eigenvalue weighted by Crippen LogP contribution is -2.46. The van der Waals surface area contributed by atoms with Crippen LogP contribution in [0.4, 0.5) is 0 Å². The Labute approximate surface area is 104 Å². The molecule has 2 heterocycles. The first-order chi connectivity index (χ1) is 8.18. The van der Waals surface area contributed by atoms with E-state index < -0.39 is 0 Å². The summed E-state index contributed by atoms with van der Waals surface area (Å²) in [5.74, 6) is 0.663. The molecule has 2 saturated heterocycles. The molecule has 1 atom stereocenters. The number of amides is 1. The molecule has 2 rings (SSSR count). The van der Waals surface area contributed by atoms with Crippen LogP contribution >= 0.6 is 0 Å². The van der Waals surface area contributed by atoms with Gasteiger partial charge in [0.1, 0.15) is 0 Å². The second kappa shape index (κ2) is 5.83. The summed E-state index contributed by atoms with van der Waals surface area (Å²) in [6.45, 7) is 7.24. The van der Waals surface area contributed by atoms with E-state index in [4.69, 9.17) is 0 Å². The van der Waals surface area contributed by atoms with Crippen LogP contribution in [0.25, 0.3) is 0 Å². The predicted octanol–water partition coefficient (Wildman–Crippen LogP) is 0.539. The molecule has 1 N–H and O–H groups in total. The van der Waals surface area contributed by atoms with Crippen molar-refractivity contribution >= 4 is 5.91 Å². The largest absolute Gasteiger partial charge is 0.338 e. The Bertz CT molecular complexity index is 263. The molecule has 0 aliphatic carbocycles. The van der Waals surface area contributed by atoms with E-state index in [0.717, 1.165) is 52.0 Å². The summed E-state index contributed by atoms with van der Waals surface area (Å²) in [6.07, 6.45) is 3.13. The second-order valence-corrected chi connectivity index (χ2v) is 5.52. The molecule has 17 heavy (non-hydrogen) atoms. The van der Waals surface area contributed by atoms with Crippen LogP contribution in [0.5, 0.6) is 0 Å². The van der Waals surface area contributed by atoms with Gasteiger partial charge in [0.05, 0.1) is 0 Å². The van der Waals surface area contributed by atoms with E-state index in [9.17, 15) is 4.79 Å². The fourth-order valence-corrected chi connectivity index (χ4v) is 3.00. The third kappa shape index (κ3) is 3.19. The zero-order valence-electron chi connectivity index (χ0n) is 11.1. The monoisotopic (exact) mass is 239 g/mol. The number of rotatable bonds is 1. The average molecular weight is 239 g/mol. The third-order valence-corrected chi connectivity index (χ3v) is 4.02. The van der Waals surface area contributed by atoms with Crippen LogP contribution in [0.3, 0.4) is 0 Å². The first-order valence-corrected chi connectivity index (χ1v) is 6.88. The zero-order valence-corrected chi connectivity index (χ0v) is 11.1. The molecule has 0 aromatic carbocycles. The number of piperidine rings is 1. The lowest BCUT2D eigenvalue weighted by molar-refractivity contribution is -0.138. The van der Waals surface area contributed by atoms with Crippen molar-refractivity contribution in [3.8, 4) is 0 Å². The van der Waals surface area contributed by atoms with Crippen molar-refractivity contribution in [1.29, 1.82) is 0 Å². The number of likely N-dealkylation sites (N-methyl/N-ethyl adjacent to an activating group) is 1. The van der Waals surface area contributed by atoms with E-state index in [1.165, 1.54) is 0 Å². The molecule has 2 aliphatic rings. The first kappa shape index (κ1) is 12.8. The van der Waals surface area contributed by atoms with Crippen molar-refractivity contribution in [2.45, 2.75) is 32.2 Å². The molecule has 0 aromatic rings. The Hall–Kier alpha value is -0.610. The number of hydrogen-bond acceptors (Lipinski definition) is 3. The maximum atomic E-state index is 12.5. The maximum Gasteiger partial charge on any atom is 0.226 e. The van der Waals surface area contributed by atoms with Crippen molar-refractivity contribution in [3.63, 3.8) is 0 Å². The van der Waals surface area contributed by atoms with Crippen molar-refractivity contribution < 1.29 is 4.79 Å². The highest BCUT2D eigenvalue weighted by Crippen LogP contribution is 2.18. The summed E-state index contributed by atoms with van der Waals surface area (Å²) >= 11 is 0. The number of hydrogen-bond donors (Lipinski definition) is 1. The van der Waals surface area contributed by atoms with Crippen molar-refractivity contribution in [2.24, 2.45) is 5.92 Å². The third-order valence-electron chi connectivity index (χ3n) is 4.02. The Balaban J connectivity index is 1.96. The Morgan fingerprint density at radius 1 is 1.24 bits per heavy atom. The maximum absolute atomic E-state index is 12.5.